The molecule has 27 heavy (non-hydrogen) atoms. The van der Waals surface area contributed by atoms with E-state index in [9.17, 15) is 0 Å². The highest BCUT2D eigenvalue weighted by atomic mass is 16.5. The minimum Gasteiger partial charge on any atom is -0.487 e. The largest absolute Gasteiger partial charge is 0.487 e. The van der Waals surface area contributed by atoms with Gasteiger partial charge in [-0.15, -0.1) is 0 Å². The van der Waals surface area contributed by atoms with E-state index in [0.29, 0.717) is 18.3 Å². The van der Waals surface area contributed by atoms with Crippen LogP contribution >= 0.6 is 0 Å². The van der Waals surface area contributed by atoms with Crippen LogP contribution in [0.1, 0.15) is 17.2 Å². The molecule has 0 radical (unpaired) electrons. The van der Waals surface area contributed by atoms with Crippen molar-refractivity contribution in [3.63, 3.8) is 0 Å². The van der Waals surface area contributed by atoms with Crippen LogP contribution in [0, 0.1) is 6.92 Å². The Balaban J connectivity index is 1.50. The number of benzene rings is 2. The van der Waals surface area contributed by atoms with Crippen molar-refractivity contribution in [2.24, 2.45) is 0 Å². The fourth-order valence-electron chi connectivity index (χ4n) is 2.85. The molecule has 2 aromatic heterocycles. The van der Waals surface area contributed by atoms with Gasteiger partial charge in [-0.1, -0.05) is 24.3 Å². The summed E-state index contributed by atoms with van der Waals surface area (Å²) in [5.74, 6) is 2.78. The van der Waals surface area contributed by atoms with Gasteiger partial charge in [0.05, 0.1) is 12.9 Å². The molecule has 0 saturated carbocycles. The number of nitrogens with zero attached hydrogens (tertiary/aromatic N) is 1. The standard InChI is InChI=1S/C22H19NO4/c1-15-20(23-22(27-15)16-6-3-2-4-7-16)14-25-18-9-10-19-17(12-18)13-26-21(19)8-5-11-24/h2-10,12-13,24H,11,14H2,1H3. The number of aryl methyl sites for hydroxylation is 1. The smallest absolute Gasteiger partial charge is 0.226 e. The molecule has 0 aliphatic rings. The van der Waals surface area contributed by atoms with Gasteiger partial charge in [-0.2, -0.15) is 0 Å². The Morgan fingerprint density at radius 3 is 2.81 bits per heavy atom. The lowest BCUT2D eigenvalue weighted by Gasteiger charge is -2.04. The van der Waals surface area contributed by atoms with Gasteiger partial charge in [0.15, 0.2) is 0 Å². The van der Waals surface area contributed by atoms with E-state index in [1.54, 1.807) is 18.4 Å². The van der Waals surface area contributed by atoms with Crippen LogP contribution in [-0.4, -0.2) is 16.7 Å². The molecular formula is C22H19NO4. The van der Waals surface area contributed by atoms with Crippen molar-refractivity contribution in [2.75, 3.05) is 6.61 Å². The van der Waals surface area contributed by atoms with Gasteiger partial charge in [-0.25, -0.2) is 4.98 Å². The van der Waals surface area contributed by atoms with Gasteiger partial charge < -0.3 is 18.7 Å². The van der Waals surface area contributed by atoms with Crippen molar-refractivity contribution in [3.8, 4) is 17.2 Å². The number of oxazole rings is 1. The molecule has 4 aromatic rings. The van der Waals surface area contributed by atoms with Gasteiger partial charge >= 0.3 is 0 Å². The number of hydrogen-bond acceptors (Lipinski definition) is 5. The van der Waals surface area contributed by atoms with Crippen molar-refractivity contribution in [2.45, 2.75) is 13.5 Å². The second kappa shape index (κ2) is 7.51. The fourth-order valence-corrected chi connectivity index (χ4v) is 2.85. The van der Waals surface area contributed by atoms with Crippen LogP contribution in [0.5, 0.6) is 5.75 Å². The highest BCUT2D eigenvalue weighted by molar-refractivity contribution is 5.89. The van der Waals surface area contributed by atoms with Crippen molar-refractivity contribution >= 4 is 16.8 Å². The van der Waals surface area contributed by atoms with Crippen molar-refractivity contribution in [3.05, 3.63) is 78.1 Å². The number of aliphatic hydroxyl groups is 1. The van der Waals surface area contributed by atoms with Crippen LogP contribution in [0.4, 0.5) is 0 Å². The summed E-state index contributed by atoms with van der Waals surface area (Å²) in [7, 11) is 0. The molecule has 136 valence electrons. The molecule has 0 amide bonds. The Hall–Kier alpha value is -3.31. The summed E-state index contributed by atoms with van der Waals surface area (Å²) in [6.45, 7) is 2.19. The third kappa shape index (κ3) is 3.64. The van der Waals surface area contributed by atoms with Crippen LogP contribution in [0.3, 0.4) is 0 Å². The summed E-state index contributed by atoms with van der Waals surface area (Å²) in [5.41, 5.74) is 1.71. The average molecular weight is 361 g/mol. The first-order valence-electron chi connectivity index (χ1n) is 8.68. The van der Waals surface area contributed by atoms with Gasteiger partial charge in [-0.3, -0.25) is 0 Å². The molecule has 4 rings (SSSR count). The maximum atomic E-state index is 8.89. The maximum Gasteiger partial charge on any atom is 0.226 e. The zero-order valence-electron chi connectivity index (χ0n) is 14.9. The van der Waals surface area contributed by atoms with E-state index in [-0.39, 0.29) is 6.61 Å². The zero-order valence-corrected chi connectivity index (χ0v) is 14.9. The Kier molecular flexibility index (Phi) is 4.77. The van der Waals surface area contributed by atoms with E-state index in [2.05, 4.69) is 4.98 Å². The van der Waals surface area contributed by atoms with Crippen LogP contribution in [0.2, 0.25) is 0 Å². The van der Waals surface area contributed by atoms with Gasteiger partial charge in [-0.05, 0) is 43.3 Å². The van der Waals surface area contributed by atoms with E-state index in [1.165, 1.54) is 0 Å². The number of ether oxygens (including phenoxy) is 1. The normalized spacial score (nSPS) is 11.5. The summed E-state index contributed by atoms with van der Waals surface area (Å²) < 4.78 is 17.2. The van der Waals surface area contributed by atoms with Crippen LogP contribution in [0.15, 0.2) is 69.7 Å². The Morgan fingerprint density at radius 1 is 1.15 bits per heavy atom. The molecule has 5 heteroatoms. The molecule has 2 heterocycles. The average Bonchev–Trinajstić information content (AvgIpc) is 3.28. The monoisotopic (exact) mass is 361 g/mol. The van der Waals surface area contributed by atoms with Crippen LogP contribution < -0.4 is 4.74 Å². The minimum absolute atomic E-state index is 0.0224. The van der Waals surface area contributed by atoms with Crippen LogP contribution in [-0.2, 0) is 6.61 Å². The molecule has 0 aliphatic heterocycles. The molecule has 0 fully saturated rings. The third-order valence-electron chi connectivity index (χ3n) is 4.26. The van der Waals surface area contributed by atoms with Crippen molar-refractivity contribution in [1.29, 1.82) is 0 Å². The number of rotatable bonds is 6. The maximum absolute atomic E-state index is 8.89. The van der Waals surface area contributed by atoms with E-state index < -0.39 is 0 Å². The predicted molar refractivity (Wildman–Crippen MR) is 103 cm³/mol. The lowest BCUT2D eigenvalue weighted by molar-refractivity contribution is 0.300. The van der Waals surface area contributed by atoms with E-state index >= 15 is 0 Å². The number of hydrogen-bond donors (Lipinski definition) is 1. The number of aromatic nitrogens is 1. The first-order chi connectivity index (χ1) is 13.2. The Labute approximate surface area is 156 Å². The number of fused-ring (bicyclic) bond motifs is 1. The van der Waals surface area contributed by atoms with Crippen LogP contribution in [0.25, 0.3) is 28.3 Å². The first-order valence-corrected chi connectivity index (χ1v) is 8.68. The lowest BCUT2D eigenvalue weighted by Crippen LogP contribution is -1.97. The SMILES string of the molecule is Cc1oc(-c2ccccc2)nc1COc1ccc2c(C=CCO)occ2c1. The van der Waals surface area contributed by atoms with Gasteiger partial charge in [0.25, 0.3) is 0 Å². The fraction of sp³-hybridized carbons (Fsp3) is 0.136. The zero-order chi connectivity index (χ0) is 18.6. The first kappa shape index (κ1) is 17.1. The van der Waals surface area contributed by atoms with E-state index in [1.807, 2.05) is 55.5 Å². The molecule has 0 saturated heterocycles. The third-order valence-corrected chi connectivity index (χ3v) is 4.26. The van der Waals surface area contributed by atoms with Crippen molar-refractivity contribution in [1.82, 2.24) is 4.98 Å². The molecule has 1 N–H and O–H groups in total. The summed E-state index contributed by atoms with van der Waals surface area (Å²) in [6.07, 6.45) is 5.07. The minimum atomic E-state index is -0.0224. The number of aliphatic hydroxyl groups excluding tert-OH is 1. The summed E-state index contributed by atoms with van der Waals surface area (Å²) in [5, 5.41) is 10.8. The van der Waals surface area contributed by atoms with Gasteiger partial charge in [0.1, 0.15) is 29.6 Å². The molecule has 0 spiro atoms. The number of furan rings is 1. The topological polar surface area (TPSA) is 68.6 Å². The predicted octanol–water partition coefficient (Wildman–Crippen LogP) is 4.98. The molecule has 0 bridgehead atoms. The van der Waals surface area contributed by atoms with Gasteiger partial charge in [0, 0.05) is 16.3 Å². The Bertz CT molecular complexity index is 1080. The highest BCUT2D eigenvalue weighted by Gasteiger charge is 2.12. The molecule has 2 aromatic carbocycles. The molecular weight excluding hydrogens is 342 g/mol. The quantitative estimate of drug-likeness (QED) is 0.524. The Morgan fingerprint density at radius 2 is 2.00 bits per heavy atom. The summed E-state index contributed by atoms with van der Waals surface area (Å²) in [4.78, 5) is 4.55. The summed E-state index contributed by atoms with van der Waals surface area (Å²) in [6, 6.07) is 15.5. The molecule has 0 atom stereocenters. The second-order valence-electron chi connectivity index (χ2n) is 6.11. The van der Waals surface area contributed by atoms with E-state index in [4.69, 9.17) is 18.7 Å². The van der Waals surface area contributed by atoms with E-state index in [0.717, 1.165) is 33.5 Å². The molecule has 5 nitrogen and oxygen atoms in total. The highest BCUT2D eigenvalue weighted by Crippen LogP contribution is 2.28. The molecule has 0 unspecified atom stereocenters. The lowest BCUT2D eigenvalue weighted by atomic mass is 10.1. The molecule has 0 aliphatic carbocycles. The van der Waals surface area contributed by atoms with Crippen molar-refractivity contribution < 1.29 is 18.7 Å². The summed E-state index contributed by atoms with van der Waals surface area (Å²) >= 11 is 0. The van der Waals surface area contributed by atoms with Gasteiger partial charge in [0.2, 0.25) is 5.89 Å². The second-order valence-corrected chi connectivity index (χ2v) is 6.11.